The number of imidazole rings is 1. The maximum atomic E-state index is 13.1. The Kier molecular flexibility index (Phi) is 4.61. The summed E-state index contributed by atoms with van der Waals surface area (Å²) in [5.41, 5.74) is -0.0170. The molecule has 0 fully saturated rings. The van der Waals surface area contributed by atoms with E-state index in [9.17, 15) is 8.78 Å². The van der Waals surface area contributed by atoms with Crippen LogP contribution >= 0.6 is 37.5 Å². The molecule has 18 heavy (non-hydrogen) atoms. The summed E-state index contributed by atoms with van der Waals surface area (Å²) >= 11 is 13.8. The van der Waals surface area contributed by atoms with E-state index >= 15 is 0 Å². The van der Waals surface area contributed by atoms with E-state index in [2.05, 4.69) is 25.3 Å². The summed E-state index contributed by atoms with van der Waals surface area (Å²) in [6, 6.07) is 0. The Morgan fingerprint density at radius 2 is 1.39 bits per heavy atom. The van der Waals surface area contributed by atoms with E-state index in [1.807, 2.05) is 20.8 Å². The molecule has 1 rings (SSSR count). The third-order valence-electron chi connectivity index (χ3n) is 2.24. The molecule has 0 saturated heterocycles. The number of aromatic nitrogens is 2. The van der Waals surface area contributed by atoms with Crippen molar-refractivity contribution in [2.45, 2.75) is 56.8 Å². The van der Waals surface area contributed by atoms with E-state index in [1.165, 1.54) is 4.57 Å². The van der Waals surface area contributed by atoms with Crippen molar-refractivity contribution < 1.29 is 8.78 Å². The fourth-order valence-electron chi connectivity index (χ4n) is 1.61. The number of halogens is 2. The first-order valence-corrected chi connectivity index (χ1v) is 6.82. The predicted octanol–water partition coefficient (Wildman–Crippen LogP) is 4.30. The second kappa shape index (κ2) is 5.17. The van der Waals surface area contributed by atoms with Crippen molar-refractivity contribution in [3.8, 4) is 0 Å². The SMILES string of the molecule is CC(C)(C)Cn1c(S)c(S)n(CC(C)(F)F)c1=S. The van der Waals surface area contributed by atoms with Crippen molar-refractivity contribution in [2.24, 2.45) is 5.41 Å². The lowest BCUT2D eigenvalue weighted by atomic mass is 9.97. The summed E-state index contributed by atoms with van der Waals surface area (Å²) in [7, 11) is 0. The van der Waals surface area contributed by atoms with E-state index in [0.717, 1.165) is 6.92 Å². The molecular formula is C11H18F2N2S3. The van der Waals surface area contributed by atoms with Crippen molar-refractivity contribution in [3.05, 3.63) is 4.77 Å². The van der Waals surface area contributed by atoms with Gasteiger partial charge in [0.25, 0.3) is 5.92 Å². The summed E-state index contributed by atoms with van der Waals surface area (Å²) in [6.07, 6.45) is 0. The lowest BCUT2D eigenvalue weighted by molar-refractivity contribution is 0.00126. The Balaban J connectivity index is 3.25. The Morgan fingerprint density at radius 3 is 1.72 bits per heavy atom. The fourth-order valence-corrected chi connectivity index (χ4v) is 2.62. The first kappa shape index (κ1) is 16.0. The van der Waals surface area contributed by atoms with Crippen molar-refractivity contribution in [1.82, 2.24) is 9.13 Å². The highest BCUT2D eigenvalue weighted by Crippen LogP contribution is 2.28. The van der Waals surface area contributed by atoms with Crippen LogP contribution in [0.1, 0.15) is 27.7 Å². The van der Waals surface area contributed by atoms with Gasteiger partial charge in [-0.15, -0.1) is 25.3 Å². The zero-order valence-corrected chi connectivity index (χ0v) is 13.5. The molecule has 104 valence electrons. The number of thiol groups is 2. The Labute approximate surface area is 122 Å². The first-order chi connectivity index (χ1) is 7.92. The zero-order chi connectivity index (χ0) is 14.3. The summed E-state index contributed by atoms with van der Waals surface area (Å²) < 4.78 is 29.6. The molecule has 1 aromatic rings. The molecule has 0 unspecified atom stereocenters. The Morgan fingerprint density at radius 1 is 1.00 bits per heavy atom. The lowest BCUT2D eigenvalue weighted by Crippen LogP contribution is -2.21. The summed E-state index contributed by atoms with van der Waals surface area (Å²) in [5.74, 6) is -2.83. The van der Waals surface area contributed by atoms with Gasteiger partial charge in [-0.3, -0.25) is 0 Å². The first-order valence-electron chi connectivity index (χ1n) is 5.51. The van der Waals surface area contributed by atoms with E-state index < -0.39 is 12.5 Å². The van der Waals surface area contributed by atoms with Gasteiger partial charge >= 0.3 is 0 Å². The third-order valence-corrected chi connectivity index (χ3v) is 3.76. The van der Waals surface area contributed by atoms with Gasteiger partial charge in [0.2, 0.25) is 0 Å². The van der Waals surface area contributed by atoms with Gasteiger partial charge in [0.05, 0.1) is 6.54 Å². The molecular weight excluding hydrogens is 294 g/mol. The van der Waals surface area contributed by atoms with Crippen LogP contribution in [-0.2, 0) is 13.1 Å². The molecule has 1 aromatic heterocycles. The van der Waals surface area contributed by atoms with E-state index in [4.69, 9.17) is 12.2 Å². The molecule has 0 saturated carbocycles. The van der Waals surface area contributed by atoms with Crippen LogP contribution in [-0.4, -0.2) is 15.1 Å². The number of hydrogen-bond acceptors (Lipinski definition) is 3. The molecule has 2 nitrogen and oxygen atoms in total. The fraction of sp³-hybridized carbons (Fsp3) is 0.727. The quantitative estimate of drug-likeness (QED) is 0.625. The molecule has 0 spiro atoms. The van der Waals surface area contributed by atoms with Gasteiger partial charge in [-0.05, 0) is 17.6 Å². The van der Waals surface area contributed by atoms with Gasteiger partial charge in [-0.25, -0.2) is 8.78 Å². The minimum Gasteiger partial charge on any atom is -0.311 e. The molecule has 0 aliphatic carbocycles. The standard InChI is InChI=1S/C11H18F2N2S3/c1-10(2,3)5-14-7(16)8(17)15(9(14)18)6-11(4,12)13/h16-17H,5-6H2,1-4H3. The van der Waals surface area contributed by atoms with Crippen LogP contribution in [0.3, 0.4) is 0 Å². The minimum atomic E-state index is -2.83. The van der Waals surface area contributed by atoms with Gasteiger partial charge in [0.15, 0.2) is 4.77 Å². The molecule has 0 N–H and O–H groups in total. The summed E-state index contributed by atoms with van der Waals surface area (Å²) in [6.45, 7) is 7.14. The molecule has 0 atom stereocenters. The van der Waals surface area contributed by atoms with Gasteiger partial charge in [-0.2, -0.15) is 0 Å². The van der Waals surface area contributed by atoms with Crippen LogP contribution in [0, 0.1) is 10.2 Å². The second-order valence-corrected chi connectivity index (χ2v) is 6.95. The average molecular weight is 312 g/mol. The normalized spacial score (nSPS) is 13.1. The zero-order valence-electron chi connectivity index (χ0n) is 10.9. The van der Waals surface area contributed by atoms with Gasteiger partial charge in [0.1, 0.15) is 10.1 Å². The second-order valence-electron chi connectivity index (χ2n) is 5.73. The number of alkyl halides is 2. The summed E-state index contributed by atoms with van der Waals surface area (Å²) in [5, 5.41) is 0.914. The predicted molar refractivity (Wildman–Crippen MR) is 77.8 cm³/mol. The van der Waals surface area contributed by atoms with Gasteiger partial charge < -0.3 is 9.13 Å². The van der Waals surface area contributed by atoms with Crippen LogP contribution < -0.4 is 0 Å². The third kappa shape index (κ3) is 3.99. The van der Waals surface area contributed by atoms with E-state index in [0.29, 0.717) is 21.4 Å². The van der Waals surface area contributed by atoms with Gasteiger partial charge in [-0.1, -0.05) is 20.8 Å². The van der Waals surface area contributed by atoms with Crippen molar-refractivity contribution >= 4 is 37.5 Å². The van der Waals surface area contributed by atoms with E-state index in [1.54, 1.807) is 4.57 Å². The molecule has 1 heterocycles. The number of hydrogen-bond donors (Lipinski definition) is 2. The van der Waals surface area contributed by atoms with E-state index in [-0.39, 0.29) is 5.41 Å². The Bertz CT molecular complexity index is 450. The molecule has 7 heteroatoms. The highest BCUT2D eigenvalue weighted by Gasteiger charge is 2.26. The smallest absolute Gasteiger partial charge is 0.263 e. The molecule has 0 aromatic carbocycles. The molecule has 0 aliphatic rings. The monoisotopic (exact) mass is 312 g/mol. The molecule has 0 bridgehead atoms. The van der Waals surface area contributed by atoms with Crippen molar-refractivity contribution in [2.75, 3.05) is 0 Å². The minimum absolute atomic E-state index is 0.0170. The number of rotatable bonds is 3. The highest BCUT2D eigenvalue weighted by molar-refractivity contribution is 7.83. The maximum absolute atomic E-state index is 13.1. The largest absolute Gasteiger partial charge is 0.311 e. The van der Waals surface area contributed by atoms with Crippen LogP contribution in [0.4, 0.5) is 8.78 Å². The van der Waals surface area contributed by atoms with Crippen LogP contribution in [0.5, 0.6) is 0 Å². The maximum Gasteiger partial charge on any atom is 0.263 e. The molecule has 0 radical (unpaired) electrons. The average Bonchev–Trinajstić information content (AvgIpc) is 2.31. The Hall–Kier alpha value is -0.0100. The van der Waals surface area contributed by atoms with Crippen LogP contribution in [0.2, 0.25) is 0 Å². The van der Waals surface area contributed by atoms with Crippen molar-refractivity contribution in [3.63, 3.8) is 0 Å². The topological polar surface area (TPSA) is 9.86 Å². The van der Waals surface area contributed by atoms with Crippen LogP contribution in [0.25, 0.3) is 0 Å². The summed E-state index contributed by atoms with van der Waals surface area (Å²) in [4.78, 5) is 0. The number of nitrogens with zero attached hydrogens (tertiary/aromatic N) is 2. The lowest BCUT2D eigenvalue weighted by Gasteiger charge is -2.19. The molecule has 0 aliphatic heterocycles. The van der Waals surface area contributed by atoms with Crippen molar-refractivity contribution in [1.29, 1.82) is 0 Å². The molecule has 0 amide bonds. The highest BCUT2D eigenvalue weighted by atomic mass is 32.1. The van der Waals surface area contributed by atoms with Gasteiger partial charge in [0, 0.05) is 13.5 Å². The van der Waals surface area contributed by atoms with Crippen LogP contribution in [0.15, 0.2) is 10.1 Å².